The second-order valence-corrected chi connectivity index (χ2v) is 9.60. The molecule has 0 heterocycles. The molecule has 0 saturated carbocycles. The summed E-state index contributed by atoms with van der Waals surface area (Å²) in [7, 11) is -2.04. The third-order valence-corrected chi connectivity index (χ3v) is 6.28. The fraction of sp³-hybridized carbons (Fsp3) is 0.435. The van der Waals surface area contributed by atoms with Gasteiger partial charge < -0.3 is 15.4 Å². The molecule has 2 aromatic rings. The van der Waals surface area contributed by atoms with Gasteiger partial charge in [-0.15, -0.1) is 24.0 Å². The van der Waals surface area contributed by atoms with Crippen LogP contribution in [0.15, 0.2) is 64.5 Å². The van der Waals surface area contributed by atoms with E-state index in [1.807, 2.05) is 31.2 Å². The van der Waals surface area contributed by atoms with Crippen molar-refractivity contribution in [2.45, 2.75) is 37.6 Å². The molecule has 0 fully saturated rings. The van der Waals surface area contributed by atoms with Gasteiger partial charge in [-0.25, -0.2) is 18.1 Å². The van der Waals surface area contributed by atoms with E-state index in [9.17, 15) is 8.42 Å². The van der Waals surface area contributed by atoms with Crippen molar-refractivity contribution in [1.29, 1.82) is 0 Å². The van der Waals surface area contributed by atoms with Crippen molar-refractivity contribution in [3.63, 3.8) is 0 Å². The summed E-state index contributed by atoms with van der Waals surface area (Å²) < 4.78 is 32.3. The third-order valence-electron chi connectivity index (χ3n) is 4.82. The first-order chi connectivity index (χ1) is 14.8. The van der Waals surface area contributed by atoms with Crippen LogP contribution in [-0.4, -0.2) is 47.7 Å². The van der Waals surface area contributed by atoms with Crippen LogP contribution in [-0.2, 0) is 26.7 Å². The van der Waals surface area contributed by atoms with E-state index in [0.717, 1.165) is 12.1 Å². The van der Waals surface area contributed by atoms with Crippen molar-refractivity contribution in [1.82, 2.24) is 15.4 Å². The van der Waals surface area contributed by atoms with Crippen molar-refractivity contribution in [3.8, 4) is 0 Å². The highest BCUT2D eigenvalue weighted by molar-refractivity contribution is 14.0. The average molecular weight is 575 g/mol. The number of ether oxygens (including phenoxy) is 1. The molecular formula is C23H35IN4O3S. The van der Waals surface area contributed by atoms with Gasteiger partial charge in [-0.05, 0) is 30.2 Å². The first-order valence-electron chi connectivity index (χ1n) is 10.4. The molecule has 32 heavy (non-hydrogen) atoms. The van der Waals surface area contributed by atoms with E-state index >= 15 is 0 Å². The predicted octanol–water partition coefficient (Wildman–Crippen LogP) is 3.26. The lowest BCUT2D eigenvalue weighted by atomic mass is 9.85. The number of methoxy groups -OCH3 is 1. The second-order valence-electron chi connectivity index (χ2n) is 7.84. The van der Waals surface area contributed by atoms with Gasteiger partial charge >= 0.3 is 0 Å². The lowest BCUT2D eigenvalue weighted by Gasteiger charge is -2.26. The minimum atomic E-state index is -3.57. The topological polar surface area (TPSA) is 91.8 Å². The maximum absolute atomic E-state index is 12.4. The maximum atomic E-state index is 12.4. The van der Waals surface area contributed by atoms with Crippen LogP contribution in [0.3, 0.4) is 0 Å². The monoisotopic (exact) mass is 574 g/mol. The second kappa shape index (κ2) is 13.8. The molecule has 0 bridgehead atoms. The Morgan fingerprint density at radius 1 is 1.06 bits per heavy atom. The molecule has 178 valence electrons. The Balaban J connectivity index is 0.00000512. The van der Waals surface area contributed by atoms with Crippen LogP contribution in [0.25, 0.3) is 0 Å². The number of nitrogens with one attached hydrogen (secondary N) is 3. The van der Waals surface area contributed by atoms with E-state index in [1.165, 1.54) is 12.7 Å². The van der Waals surface area contributed by atoms with E-state index in [4.69, 9.17) is 4.74 Å². The number of hydrogen-bond acceptors (Lipinski definition) is 4. The van der Waals surface area contributed by atoms with Gasteiger partial charge in [-0.1, -0.05) is 56.3 Å². The van der Waals surface area contributed by atoms with Gasteiger partial charge in [0.1, 0.15) is 0 Å². The minimum Gasteiger partial charge on any atom is -0.383 e. The first-order valence-corrected chi connectivity index (χ1v) is 11.9. The van der Waals surface area contributed by atoms with Crippen molar-refractivity contribution in [3.05, 3.63) is 65.7 Å². The highest BCUT2D eigenvalue weighted by atomic mass is 127. The van der Waals surface area contributed by atoms with E-state index < -0.39 is 10.0 Å². The predicted molar refractivity (Wildman–Crippen MR) is 141 cm³/mol. The molecule has 0 spiro atoms. The summed E-state index contributed by atoms with van der Waals surface area (Å²) in [6.07, 6.45) is 0. The molecule has 0 amide bonds. The zero-order valence-electron chi connectivity index (χ0n) is 19.2. The van der Waals surface area contributed by atoms with Crippen molar-refractivity contribution >= 4 is 40.0 Å². The summed E-state index contributed by atoms with van der Waals surface area (Å²) in [6.45, 7) is 8.73. The normalized spacial score (nSPS) is 12.2. The lowest BCUT2D eigenvalue weighted by molar-refractivity contribution is 0.204. The number of rotatable bonds is 11. The molecule has 0 aliphatic heterocycles. The Kier molecular flexibility index (Phi) is 12.2. The van der Waals surface area contributed by atoms with E-state index in [1.54, 1.807) is 18.2 Å². The summed E-state index contributed by atoms with van der Waals surface area (Å²) in [6, 6.07) is 17.2. The molecular weight excluding hydrogens is 539 g/mol. The molecule has 0 unspecified atom stereocenters. The van der Waals surface area contributed by atoms with Gasteiger partial charge in [0.25, 0.3) is 0 Å². The van der Waals surface area contributed by atoms with Gasteiger partial charge in [0, 0.05) is 32.2 Å². The molecule has 3 N–H and O–H groups in total. The Morgan fingerprint density at radius 2 is 1.78 bits per heavy atom. The summed E-state index contributed by atoms with van der Waals surface area (Å²) in [5, 5.41) is 6.65. The summed E-state index contributed by atoms with van der Waals surface area (Å²) in [4.78, 5) is 4.86. The number of aliphatic imine (C=N–C) groups is 1. The molecule has 0 aliphatic rings. The van der Waals surface area contributed by atoms with E-state index in [2.05, 4.69) is 46.3 Å². The van der Waals surface area contributed by atoms with Crippen LogP contribution in [0.2, 0.25) is 0 Å². The zero-order chi connectivity index (χ0) is 22.7. The van der Waals surface area contributed by atoms with Crippen LogP contribution in [0, 0.1) is 0 Å². The number of guanidine groups is 1. The molecule has 0 radical (unpaired) electrons. The Labute approximate surface area is 209 Å². The smallest absolute Gasteiger partial charge is 0.240 e. The summed E-state index contributed by atoms with van der Waals surface area (Å²) in [5.41, 5.74) is 1.99. The van der Waals surface area contributed by atoms with Gasteiger partial charge in [0.2, 0.25) is 10.0 Å². The van der Waals surface area contributed by atoms with Crippen LogP contribution >= 0.6 is 24.0 Å². The molecule has 9 heteroatoms. The van der Waals surface area contributed by atoms with Gasteiger partial charge in [-0.2, -0.15) is 0 Å². The molecule has 0 saturated heterocycles. The Bertz CT molecular complexity index is 951. The van der Waals surface area contributed by atoms with Crippen molar-refractivity contribution in [2.24, 2.45) is 4.99 Å². The number of hydrogen-bond donors (Lipinski definition) is 3. The standard InChI is InChI=1S/C23H34N4O3S.HI/c1-5-24-22(26-18-23(2,3)20-11-7-6-8-12-20)25-17-19-10-9-13-21(16-19)31(28,29)27-14-15-30-4;/h6-13,16,27H,5,14-15,17-18H2,1-4H3,(H2,24,25,26);1H. The molecule has 2 rings (SSSR count). The van der Waals surface area contributed by atoms with E-state index in [-0.39, 0.29) is 40.8 Å². The minimum absolute atomic E-state index is 0. The average Bonchev–Trinajstić information content (AvgIpc) is 2.76. The van der Waals surface area contributed by atoms with Gasteiger partial charge in [0.15, 0.2) is 5.96 Å². The van der Waals surface area contributed by atoms with Crippen molar-refractivity contribution < 1.29 is 13.2 Å². The largest absolute Gasteiger partial charge is 0.383 e. The van der Waals surface area contributed by atoms with Crippen LogP contribution < -0.4 is 15.4 Å². The van der Waals surface area contributed by atoms with Gasteiger partial charge in [-0.3, -0.25) is 0 Å². The Morgan fingerprint density at radius 3 is 2.44 bits per heavy atom. The number of sulfonamides is 1. The molecule has 2 aromatic carbocycles. The molecule has 7 nitrogen and oxygen atoms in total. The SMILES string of the molecule is CCNC(=NCc1cccc(S(=O)(=O)NCCOC)c1)NCC(C)(C)c1ccccc1.I. The van der Waals surface area contributed by atoms with Crippen LogP contribution in [0.1, 0.15) is 31.9 Å². The number of nitrogens with zero attached hydrogens (tertiary/aromatic N) is 1. The third kappa shape index (κ3) is 9.05. The van der Waals surface area contributed by atoms with Crippen LogP contribution in [0.5, 0.6) is 0 Å². The molecule has 0 atom stereocenters. The number of benzene rings is 2. The van der Waals surface area contributed by atoms with Crippen molar-refractivity contribution in [2.75, 3.05) is 33.4 Å². The number of halogens is 1. The molecule has 0 aromatic heterocycles. The first kappa shape index (κ1) is 28.3. The summed E-state index contributed by atoms with van der Waals surface area (Å²) in [5.74, 6) is 0.693. The van der Waals surface area contributed by atoms with Crippen LogP contribution in [0.4, 0.5) is 0 Å². The lowest BCUT2D eigenvalue weighted by Crippen LogP contribution is -2.43. The van der Waals surface area contributed by atoms with Gasteiger partial charge in [0.05, 0.1) is 18.0 Å². The van der Waals surface area contributed by atoms with E-state index in [0.29, 0.717) is 25.7 Å². The Hall–Kier alpha value is -1.69. The fourth-order valence-corrected chi connectivity index (χ4v) is 4.06. The maximum Gasteiger partial charge on any atom is 0.240 e. The highest BCUT2D eigenvalue weighted by Gasteiger charge is 2.20. The fourth-order valence-electron chi connectivity index (χ4n) is 2.98. The highest BCUT2D eigenvalue weighted by Crippen LogP contribution is 2.21. The summed E-state index contributed by atoms with van der Waals surface area (Å²) >= 11 is 0. The zero-order valence-corrected chi connectivity index (χ0v) is 22.4. The molecule has 0 aliphatic carbocycles. The quantitative estimate of drug-likeness (QED) is 0.166.